The van der Waals surface area contributed by atoms with Crippen LogP contribution in [0.1, 0.15) is 85.0 Å². The number of hydrogen-bond acceptors (Lipinski definition) is 4. The van der Waals surface area contributed by atoms with Gasteiger partial charge >= 0.3 is 6.18 Å². The Morgan fingerprint density at radius 1 is 1.18 bits per heavy atom. The number of ketones is 1. The molecule has 1 aromatic heterocycles. The molecule has 0 saturated heterocycles. The summed E-state index contributed by atoms with van der Waals surface area (Å²) in [6.07, 6.45) is -0.465. The van der Waals surface area contributed by atoms with Crippen molar-refractivity contribution >= 4 is 17.4 Å². The Labute approximate surface area is 190 Å². The number of benzene rings is 1. The van der Waals surface area contributed by atoms with Crippen molar-refractivity contribution in [1.29, 1.82) is 0 Å². The molecule has 0 spiro atoms. The molecule has 2 aliphatic carbocycles. The summed E-state index contributed by atoms with van der Waals surface area (Å²) in [5, 5.41) is 7.22. The first-order valence-corrected chi connectivity index (χ1v) is 11.3. The Bertz CT molecular complexity index is 1100. The highest BCUT2D eigenvalue weighted by atomic mass is 19.4. The summed E-state index contributed by atoms with van der Waals surface area (Å²) in [5.74, 6) is -0.534. The Morgan fingerprint density at radius 3 is 2.45 bits per heavy atom. The van der Waals surface area contributed by atoms with Gasteiger partial charge in [0.15, 0.2) is 11.5 Å². The summed E-state index contributed by atoms with van der Waals surface area (Å²) in [7, 11) is 0. The molecular formula is C24H29F3N4O2. The standard InChI is InChI=1S/C24H29F3N4O2/c1-13-4-6-14(7-5-13)29-17-10-15(8-9-16(17)22(28)33)31-18-11-23(2,3)12-19(32)20(18)21(30-31)24(25,26)27/h8-10,13-14,29H,4-7,11-12H2,1-3H3,(H2,28,33)/t13-,14-. The van der Waals surface area contributed by atoms with Gasteiger partial charge in [-0.25, -0.2) is 4.68 Å². The quantitative estimate of drug-likeness (QED) is 0.659. The van der Waals surface area contributed by atoms with Crippen LogP contribution >= 0.6 is 0 Å². The van der Waals surface area contributed by atoms with Crippen LogP contribution in [-0.2, 0) is 12.6 Å². The lowest BCUT2D eigenvalue weighted by atomic mass is 9.75. The smallest absolute Gasteiger partial charge is 0.382 e. The molecule has 0 atom stereocenters. The van der Waals surface area contributed by atoms with Gasteiger partial charge in [0.2, 0.25) is 0 Å². The number of anilines is 1. The number of nitrogens with one attached hydrogen (secondary N) is 1. The summed E-state index contributed by atoms with van der Waals surface area (Å²) >= 11 is 0. The molecule has 6 nitrogen and oxygen atoms in total. The maximum Gasteiger partial charge on any atom is 0.435 e. The number of carbonyl (C=O) groups excluding carboxylic acids is 2. The van der Waals surface area contributed by atoms with Crippen LogP contribution in [0.3, 0.4) is 0 Å². The molecule has 0 unspecified atom stereocenters. The van der Waals surface area contributed by atoms with Gasteiger partial charge < -0.3 is 11.1 Å². The van der Waals surface area contributed by atoms with Crippen molar-refractivity contribution in [2.24, 2.45) is 17.1 Å². The molecule has 1 amide bonds. The van der Waals surface area contributed by atoms with Crippen molar-refractivity contribution in [2.75, 3.05) is 5.32 Å². The molecule has 2 aromatic rings. The van der Waals surface area contributed by atoms with Crippen LogP contribution in [0.2, 0.25) is 0 Å². The van der Waals surface area contributed by atoms with Crippen LogP contribution in [0.4, 0.5) is 18.9 Å². The minimum atomic E-state index is -4.75. The van der Waals surface area contributed by atoms with Gasteiger partial charge in [-0.05, 0) is 61.6 Å². The number of Topliss-reactive ketones (excluding diaryl/α,β-unsaturated/α-hetero) is 1. The van der Waals surface area contributed by atoms with Gasteiger partial charge in [-0.15, -0.1) is 0 Å². The fraction of sp³-hybridized carbons (Fsp3) is 0.542. The molecule has 1 saturated carbocycles. The second kappa shape index (κ2) is 8.18. The Hall–Kier alpha value is -2.84. The molecule has 2 aliphatic rings. The fourth-order valence-electron chi connectivity index (χ4n) is 4.98. The van der Waals surface area contributed by atoms with E-state index in [0.29, 0.717) is 17.3 Å². The van der Waals surface area contributed by atoms with Crippen LogP contribution in [0, 0.1) is 11.3 Å². The molecule has 1 aromatic carbocycles. The summed E-state index contributed by atoms with van der Waals surface area (Å²) in [5.41, 5.74) is 4.90. The number of hydrogen-bond donors (Lipinski definition) is 2. The first-order chi connectivity index (χ1) is 15.4. The predicted molar refractivity (Wildman–Crippen MR) is 119 cm³/mol. The van der Waals surface area contributed by atoms with Crippen molar-refractivity contribution in [3.8, 4) is 5.69 Å². The van der Waals surface area contributed by atoms with E-state index < -0.39 is 29.0 Å². The van der Waals surface area contributed by atoms with Gasteiger partial charge in [0.1, 0.15) is 0 Å². The van der Waals surface area contributed by atoms with Crippen LogP contribution in [0.5, 0.6) is 0 Å². The van der Waals surface area contributed by atoms with Gasteiger partial charge in [0, 0.05) is 18.2 Å². The van der Waals surface area contributed by atoms with E-state index >= 15 is 0 Å². The largest absolute Gasteiger partial charge is 0.435 e. The molecule has 9 heteroatoms. The maximum absolute atomic E-state index is 13.8. The summed E-state index contributed by atoms with van der Waals surface area (Å²) in [6, 6.07) is 4.78. The van der Waals surface area contributed by atoms with Crippen molar-refractivity contribution < 1.29 is 22.8 Å². The molecule has 178 valence electrons. The molecule has 0 aliphatic heterocycles. The first-order valence-electron chi connectivity index (χ1n) is 11.3. The second-order valence-electron chi connectivity index (χ2n) is 10.2. The summed E-state index contributed by atoms with van der Waals surface area (Å²) < 4.78 is 42.5. The van der Waals surface area contributed by atoms with E-state index in [2.05, 4.69) is 17.3 Å². The monoisotopic (exact) mass is 462 g/mol. The SMILES string of the molecule is CC1(C)CC(=O)c2c(C(F)(F)F)nn(-c3ccc(C(N)=O)c(N[C@H]4CC[C@H](C)CC4)c3)c2C1. The first kappa shape index (κ1) is 23.3. The molecular weight excluding hydrogens is 433 g/mol. The van der Waals surface area contributed by atoms with E-state index in [1.165, 1.54) is 16.8 Å². The van der Waals surface area contributed by atoms with E-state index in [1.54, 1.807) is 6.07 Å². The highest BCUT2D eigenvalue weighted by molar-refractivity contribution is 6.00. The van der Waals surface area contributed by atoms with E-state index in [4.69, 9.17) is 5.73 Å². The zero-order valence-corrected chi connectivity index (χ0v) is 19.1. The normalized spacial score (nSPS) is 22.7. The molecule has 4 rings (SSSR count). The molecule has 1 heterocycles. The second-order valence-corrected chi connectivity index (χ2v) is 10.2. The zero-order valence-electron chi connectivity index (χ0n) is 19.1. The van der Waals surface area contributed by atoms with Crippen molar-refractivity contribution in [1.82, 2.24) is 9.78 Å². The number of rotatable bonds is 4. The third-order valence-electron chi connectivity index (χ3n) is 6.70. The Kier molecular flexibility index (Phi) is 5.78. The molecule has 33 heavy (non-hydrogen) atoms. The fourth-order valence-corrected chi connectivity index (χ4v) is 4.98. The van der Waals surface area contributed by atoms with Crippen LogP contribution < -0.4 is 11.1 Å². The van der Waals surface area contributed by atoms with Gasteiger partial charge in [0.25, 0.3) is 5.91 Å². The lowest BCUT2D eigenvalue weighted by Gasteiger charge is -2.30. The van der Waals surface area contributed by atoms with Gasteiger partial charge in [-0.1, -0.05) is 20.8 Å². The number of nitrogens with zero attached hydrogens (tertiary/aromatic N) is 2. The predicted octanol–water partition coefficient (Wildman–Crippen LogP) is 5.14. The van der Waals surface area contributed by atoms with E-state index in [0.717, 1.165) is 25.7 Å². The third kappa shape index (κ3) is 4.63. The topological polar surface area (TPSA) is 90.0 Å². The highest BCUT2D eigenvalue weighted by Crippen LogP contribution is 2.42. The average Bonchev–Trinajstić information content (AvgIpc) is 3.08. The lowest BCUT2D eigenvalue weighted by molar-refractivity contribution is -0.141. The number of alkyl halides is 3. The number of fused-ring (bicyclic) bond motifs is 1. The van der Waals surface area contributed by atoms with Crippen molar-refractivity contribution in [2.45, 2.75) is 71.5 Å². The number of nitrogens with two attached hydrogens (primary N) is 1. The van der Waals surface area contributed by atoms with E-state index in [9.17, 15) is 22.8 Å². The van der Waals surface area contributed by atoms with Gasteiger partial charge in [-0.3, -0.25) is 9.59 Å². The van der Waals surface area contributed by atoms with Crippen LogP contribution in [0.25, 0.3) is 5.69 Å². The number of carbonyl (C=O) groups is 2. The summed E-state index contributed by atoms with van der Waals surface area (Å²) in [6.45, 7) is 5.91. The lowest BCUT2D eigenvalue weighted by Crippen LogP contribution is -2.29. The van der Waals surface area contributed by atoms with E-state index in [1.807, 2.05) is 13.8 Å². The third-order valence-corrected chi connectivity index (χ3v) is 6.70. The Morgan fingerprint density at radius 2 is 1.85 bits per heavy atom. The Balaban J connectivity index is 1.81. The minimum Gasteiger partial charge on any atom is -0.382 e. The number of primary amides is 1. The van der Waals surface area contributed by atoms with E-state index in [-0.39, 0.29) is 35.7 Å². The van der Waals surface area contributed by atoms with Crippen LogP contribution in [0.15, 0.2) is 18.2 Å². The molecule has 3 N–H and O–H groups in total. The number of aromatic nitrogens is 2. The zero-order chi connectivity index (χ0) is 24.1. The minimum absolute atomic E-state index is 0.0301. The molecule has 1 fully saturated rings. The highest BCUT2D eigenvalue weighted by Gasteiger charge is 2.45. The number of halogens is 3. The van der Waals surface area contributed by atoms with Crippen molar-refractivity contribution in [3.05, 3.63) is 40.7 Å². The molecule has 0 radical (unpaired) electrons. The average molecular weight is 463 g/mol. The van der Waals surface area contributed by atoms with Gasteiger partial charge in [0.05, 0.1) is 22.5 Å². The summed E-state index contributed by atoms with van der Waals surface area (Å²) in [4.78, 5) is 24.7. The number of amides is 1. The van der Waals surface area contributed by atoms with Crippen molar-refractivity contribution in [3.63, 3.8) is 0 Å². The van der Waals surface area contributed by atoms with Crippen LogP contribution in [-0.4, -0.2) is 27.5 Å². The van der Waals surface area contributed by atoms with Gasteiger partial charge in [-0.2, -0.15) is 18.3 Å². The maximum atomic E-state index is 13.8. The molecule has 0 bridgehead atoms.